The molecule has 0 radical (unpaired) electrons. The van der Waals surface area contributed by atoms with Crippen molar-refractivity contribution >= 4 is 11.6 Å². The molecule has 1 amide bonds. The maximum absolute atomic E-state index is 11.5. The second kappa shape index (κ2) is 7.34. The maximum atomic E-state index is 11.5. The van der Waals surface area contributed by atoms with E-state index in [9.17, 15) is 4.79 Å². The van der Waals surface area contributed by atoms with E-state index in [1.165, 1.54) is 11.1 Å². The molecule has 20 heavy (non-hydrogen) atoms. The SMILES string of the molecule is CCCNC(=O)CNc1ccc(-c2ccccc2)cc1. The molecule has 0 unspecified atom stereocenters. The highest BCUT2D eigenvalue weighted by Crippen LogP contribution is 2.20. The highest BCUT2D eigenvalue weighted by atomic mass is 16.1. The first-order valence-electron chi connectivity index (χ1n) is 6.95. The van der Waals surface area contributed by atoms with E-state index in [2.05, 4.69) is 34.9 Å². The van der Waals surface area contributed by atoms with Gasteiger partial charge < -0.3 is 10.6 Å². The van der Waals surface area contributed by atoms with E-state index in [0.717, 1.165) is 18.7 Å². The molecule has 2 aromatic rings. The molecule has 0 saturated heterocycles. The van der Waals surface area contributed by atoms with Crippen LogP contribution in [0, 0.1) is 0 Å². The van der Waals surface area contributed by atoms with Crippen LogP contribution in [-0.2, 0) is 4.79 Å². The Morgan fingerprint density at radius 2 is 1.60 bits per heavy atom. The van der Waals surface area contributed by atoms with Crippen LogP contribution in [0.1, 0.15) is 13.3 Å². The molecule has 3 nitrogen and oxygen atoms in total. The molecule has 2 N–H and O–H groups in total. The van der Waals surface area contributed by atoms with Gasteiger partial charge in [0.15, 0.2) is 0 Å². The molecule has 0 heterocycles. The average molecular weight is 268 g/mol. The van der Waals surface area contributed by atoms with Crippen molar-refractivity contribution in [3.63, 3.8) is 0 Å². The van der Waals surface area contributed by atoms with Gasteiger partial charge in [0, 0.05) is 12.2 Å². The summed E-state index contributed by atoms with van der Waals surface area (Å²) in [6, 6.07) is 18.3. The standard InChI is InChI=1S/C17H20N2O/c1-2-12-18-17(20)13-19-16-10-8-15(9-11-16)14-6-4-3-5-7-14/h3-11,19H,2,12-13H2,1H3,(H,18,20). The van der Waals surface area contributed by atoms with E-state index in [-0.39, 0.29) is 5.91 Å². The van der Waals surface area contributed by atoms with E-state index >= 15 is 0 Å². The van der Waals surface area contributed by atoms with Gasteiger partial charge in [0.1, 0.15) is 0 Å². The minimum atomic E-state index is 0.0268. The lowest BCUT2D eigenvalue weighted by molar-refractivity contribution is -0.119. The molecule has 0 saturated carbocycles. The van der Waals surface area contributed by atoms with Gasteiger partial charge in [-0.05, 0) is 29.7 Å². The maximum Gasteiger partial charge on any atom is 0.239 e. The van der Waals surface area contributed by atoms with Crippen LogP contribution in [0.15, 0.2) is 54.6 Å². The summed E-state index contributed by atoms with van der Waals surface area (Å²) in [6.45, 7) is 3.08. The Morgan fingerprint density at radius 1 is 0.950 bits per heavy atom. The quantitative estimate of drug-likeness (QED) is 0.844. The Morgan fingerprint density at radius 3 is 2.25 bits per heavy atom. The summed E-state index contributed by atoms with van der Waals surface area (Å²) >= 11 is 0. The summed E-state index contributed by atoms with van der Waals surface area (Å²) in [5.74, 6) is 0.0268. The molecular weight excluding hydrogens is 248 g/mol. The van der Waals surface area contributed by atoms with Crippen LogP contribution in [0.4, 0.5) is 5.69 Å². The van der Waals surface area contributed by atoms with Gasteiger partial charge in [0.05, 0.1) is 6.54 Å². The van der Waals surface area contributed by atoms with Crippen LogP contribution < -0.4 is 10.6 Å². The van der Waals surface area contributed by atoms with E-state index in [0.29, 0.717) is 6.54 Å². The zero-order valence-corrected chi connectivity index (χ0v) is 11.7. The molecule has 0 spiro atoms. The van der Waals surface area contributed by atoms with Crippen LogP contribution in [-0.4, -0.2) is 19.0 Å². The number of hydrogen-bond acceptors (Lipinski definition) is 2. The van der Waals surface area contributed by atoms with Crippen molar-refractivity contribution in [2.75, 3.05) is 18.4 Å². The van der Waals surface area contributed by atoms with Gasteiger partial charge in [-0.2, -0.15) is 0 Å². The molecule has 104 valence electrons. The Balaban J connectivity index is 1.90. The van der Waals surface area contributed by atoms with Gasteiger partial charge in [-0.25, -0.2) is 0 Å². The van der Waals surface area contributed by atoms with E-state index in [4.69, 9.17) is 0 Å². The normalized spacial score (nSPS) is 10.1. The van der Waals surface area contributed by atoms with Gasteiger partial charge in [-0.1, -0.05) is 49.4 Å². The van der Waals surface area contributed by atoms with Crippen LogP contribution >= 0.6 is 0 Å². The van der Waals surface area contributed by atoms with Crippen molar-refractivity contribution in [1.29, 1.82) is 0 Å². The third kappa shape index (κ3) is 4.12. The van der Waals surface area contributed by atoms with Gasteiger partial charge in [-0.15, -0.1) is 0 Å². The summed E-state index contributed by atoms with van der Waals surface area (Å²) < 4.78 is 0. The topological polar surface area (TPSA) is 41.1 Å². The second-order valence-corrected chi connectivity index (χ2v) is 4.65. The lowest BCUT2D eigenvalue weighted by Gasteiger charge is -2.08. The van der Waals surface area contributed by atoms with Gasteiger partial charge >= 0.3 is 0 Å². The number of nitrogens with one attached hydrogen (secondary N) is 2. The monoisotopic (exact) mass is 268 g/mol. The minimum Gasteiger partial charge on any atom is -0.376 e. The zero-order chi connectivity index (χ0) is 14.2. The number of hydrogen-bond donors (Lipinski definition) is 2. The molecule has 0 bridgehead atoms. The molecule has 0 aromatic heterocycles. The summed E-state index contributed by atoms with van der Waals surface area (Å²) in [5.41, 5.74) is 3.32. The third-order valence-electron chi connectivity index (χ3n) is 3.02. The molecule has 0 fully saturated rings. The predicted molar refractivity (Wildman–Crippen MR) is 83.7 cm³/mol. The van der Waals surface area contributed by atoms with Crippen molar-refractivity contribution in [2.45, 2.75) is 13.3 Å². The molecule has 0 aliphatic heterocycles. The summed E-state index contributed by atoms with van der Waals surface area (Å²) in [6.07, 6.45) is 0.956. The Bertz CT molecular complexity index is 535. The lowest BCUT2D eigenvalue weighted by Crippen LogP contribution is -2.30. The van der Waals surface area contributed by atoms with Crippen LogP contribution in [0.2, 0.25) is 0 Å². The number of carbonyl (C=O) groups excluding carboxylic acids is 1. The second-order valence-electron chi connectivity index (χ2n) is 4.65. The highest BCUT2D eigenvalue weighted by Gasteiger charge is 2.00. The Labute approximate surface area is 120 Å². The predicted octanol–water partition coefficient (Wildman–Crippen LogP) is 3.29. The van der Waals surface area contributed by atoms with Gasteiger partial charge in [-0.3, -0.25) is 4.79 Å². The fourth-order valence-corrected chi connectivity index (χ4v) is 1.92. The Kier molecular flexibility index (Phi) is 5.18. The van der Waals surface area contributed by atoms with Crippen LogP contribution in [0.3, 0.4) is 0 Å². The summed E-state index contributed by atoms with van der Waals surface area (Å²) in [5, 5.41) is 5.96. The van der Waals surface area contributed by atoms with Gasteiger partial charge in [0.25, 0.3) is 0 Å². The largest absolute Gasteiger partial charge is 0.376 e. The van der Waals surface area contributed by atoms with Crippen molar-refractivity contribution in [3.8, 4) is 11.1 Å². The molecule has 3 heteroatoms. The number of carbonyl (C=O) groups is 1. The fourth-order valence-electron chi connectivity index (χ4n) is 1.92. The number of rotatable bonds is 6. The molecule has 0 aliphatic carbocycles. The van der Waals surface area contributed by atoms with Crippen LogP contribution in [0.5, 0.6) is 0 Å². The number of anilines is 1. The van der Waals surface area contributed by atoms with Crippen molar-refractivity contribution in [3.05, 3.63) is 54.6 Å². The van der Waals surface area contributed by atoms with Crippen molar-refractivity contribution in [1.82, 2.24) is 5.32 Å². The van der Waals surface area contributed by atoms with Gasteiger partial charge in [0.2, 0.25) is 5.91 Å². The first-order valence-corrected chi connectivity index (χ1v) is 6.95. The van der Waals surface area contributed by atoms with Crippen LogP contribution in [0.25, 0.3) is 11.1 Å². The third-order valence-corrected chi connectivity index (χ3v) is 3.02. The zero-order valence-electron chi connectivity index (χ0n) is 11.7. The molecule has 0 aliphatic rings. The molecule has 2 aromatic carbocycles. The van der Waals surface area contributed by atoms with E-state index in [1.807, 2.05) is 37.3 Å². The minimum absolute atomic E-state index is 0.0268. The van der Waals surface area contributed by atoms with E-state index in [1.54, 1.807) is 0 Å². The number of benzene rings is 2. The smallest absolute Gasteiger partial charge is 0.239 e. The summed E-state index contributed by atoms with van der Waals surface area (Å²) in [7, 11) is 0. The molecule has 0 atom stereocenters. The van der Waals surface area contributed by atoms with Crippen molar-refractivity contribution in [2.24, 2.45) is 0 Å². The number of amides is 1. The van der Waals surface area contributed by atoms with E-state index < -0.39 is 0 Å². The Hall–Kier alpha value is -2.29. The first kappa shape index (κ1) is 14.1. The van der Waals surface area contributed by atoms with Crippen molar-refractivity contribution < 1.29 is 4.79 Å². The average Bonchev–Trinajstić information content (AvgIpc) is 2.52. The fraction of sp³-hybridized carbons (Fsp3) is 0.235. The summed E-state index contributed by atoms with van der Waals surface area (Å²) in [4.78, 5) is 11.5. The molecular formula is C17H20N2O. The first-order chi connectivity index (χ1) is 9.79. The highest BCUT2D eigenvalue weighted by molar-refractivity contribution is 5.80. The lowest BCUT2D eigenvalue weighted by atomic mass is 10.1. The molecule has 2 rings (SSSR count).